The summed E-state index contributed by atoms with van der Waals surface area (Å²) in [5.41, 5.74) is 0.829. The van der Waals surface area contributed by atoms with E-state index >= 15 is 0 Å². The van der Waals surface area contributed by atoms with E-state index in [2.05, 4.69) is 10.4 Å². The number of nitrogens with zero attached hydrogens (tertiary/aromatic N) is 4. The number of benzene rings is 2. The molecule has 2 aromatic carbocycles. The average Bonchev–Trinajstić information content (AvgIpc) is 3.34. The number of nitrogens with one attached hydrogen (secondary N) is 1. The number of hydrogen-bond acceptors (Lipinski definition) is 5. The van der Waals surface area contributed by atoms with Gasteiger partial charge in [0.25, 0.3) is 5.95 Å². The Labute approximate surface area is 175 Å². The van der Waals surface area contributed by atoms with Crippen LogP contribution in [0.15, 0.2) is 67.0 Å². The van der Waals surface area contributed by atoms with Crippen LogP contribution < -0.4 is 10.1 Å². The largest absolute Gasteiger partial charge is 0.457 e. The summed E-state index contributed by atoms with van der Waals surface area (Å²) in [4.78, 5) is 9.52. The highest BCUT2D eigenvalue weighted by Crippen LogP contribution is 2.30. The van der Waals surface area contributed by atoms with E-state index in [9.17, 15) is 0 Å². The minimum absolute atomic E-state index is 0.551. The molecule has 0 saturated heterocycles. The average molecular weight is 399 g/mol. The van der Waals surface area contributed by atoms with Crippen molar-refractivity contribution in [2.24, 2.45) is 5.92 Å². The second-order valence-electron chi connectivity index (χ2n) is 7.80. The summed E-state index contributed by atoms with van der Waals surface area (Å²) >= 11 is 0. The summed E-state index contributed by atoms with van der Waals surface area (Å²) in [7, 11) is 0. The third-order valence-electron chi connectivity index (χ3n) is 5.63. The Morgan fingerprint density at radius 1 is 0.933 bits per heavy atom. The van der Waals surface area contributed by atoms with E-state index in [0.717, 1.165) is 34.8 Å². The lowest BCUT2D eigenvalue weighted by Gasteiger charge is -2.22. The molecule has 0 atom stereocenters. The van der Waals surface area contributed by atoms with Gasteiger partial charge in [0.2, 0.25) is 0 Å². The molecule has 6 nitrogen and oxygen atoms in total. The first-order chi connectivity index (χ1) is 14.8. The molecule has 1 aliphatic carbocycles. The molecule has 0 spiro atoms. The zero-order valence-electron chi connectivity index (χ0n) is 16.9. The van der Waals surface area contributed by atoms with Crippen molar-refractivity contribution >= 4 is 16.7 Å². The smallest absolute Gasteiger partial charge is 0.253 e. The van der Waals surface area contributed by atoms with Gasteiger partial charge in [0.1, 0.15) is 17.3 Å². The third-order valence-corrected chi connectivity index (χ3v) is 5.63. The standard InChI is InChI=1S/C24H25N5O/c1-3-8-18(9-4-1)17-25-23-21-13-12-20(30-19-10-5-2-6-11-19)16-22(21)27-24(28-23)29-15-7-14-26-29/h2,5-7,10-16,18H,1,3-4,8-9,17H2,(H,25,27,28). The van der Waals surface area contributed by atoms with Gasteiger partial charge < -0.3 is 10.1 Å². The molecule has 1 aliphatic rings. The SMILES string of the molecule is c1ccc(Oc2ccc3c(NCC4CCCCC4)nc(-n4cccn4)nc3c2)cc1. The lowest BCUT2D eigenvalue weighted by atomic mass is 9.89. The van der Waals surface area contributed by atoms with Gasteiger partial charge in [0, 0.05) is 30.4 Å². The number of para-hydroxylation sites is 1. The molecule has 1 fully saturated rings. The summed E-state index contributed by atoms with van der Waals surface area (Å²) in [6, 6.07) is 17.6. The van der Waals surface area contributed by atoms with Crippen LogP contribution in [0.1, 0.15) is 32.1 Å². The van der Waals surface area contributed by atoms with Crippen molar-refractivity contribution < 1.29 is 4.74 Å². The second kappa shape index (κ2) is 8.53. The highest BCUT2D eigenvalue weighted by Gasteiger charge is 2.16. The van der Waals surface area contributed by atoms with E-state index in [-0.39, 0.29) is 0 Å². The van der Waals surface area contributed by atoms with Crippen LogP contribution in [0.25, 0.3) is 16.9 Å². The maximum atomic E-state index is 6.01. The van der Waals surface area contributed by atoms with Crippen molar-refractivity contribution in [3.05, 3.63) is 67.0 Å². The monoisotopic (exact) mass is 399 g/mol. The number of anilines is 1. The van der Waals surface area contributed by atoms with Crippen LogP contribution >= 0.6 is 0 Å². The Balaban J connectivity index is 1.48. The van der Waals surface area contributed by atoms with E-state index in [1.54, 1.807) is 10.9 Å². The van der Waals surface area contributed by atoms with E-state index < -0.39 is 0 Å². The highest BCUT2D eigenvalue weighted by molar-refractivity contribution is 5.90. The molecule has 1 N–H and O–H groups in total. The highest BCUT2D eigenvalue weighted by atomic mass is 16.5. The number of hydrogen-bond donors (Lipinski definition) is 1. The minimum atomic E-state index is 0.551. The molecule has 2 heterocycles. The fourth-order valence-electron chi connectivity index (χ4n) is 4.04. The van der Waals surface area contributed by atoms with Crippen molar-refractivity contribution in [1.29, 1.82) is 0 Å². The van der Waals surface area contributed by atoms with Gasteiger partial charge in [-0.3, -0.25) is 0 Å². The fourth-order valence-corrected chi connectivity index (χ4v) is 4.04. The molecular formula is C24H25N5O. The first kappa shape index (κ1) is 18.6. The van der Waals surface area contributed by atoms with Crippen LogP contribution in [0, 0.1) is 5.92 Å². The Hall–Kier alpha value is -3.41. The molecule has 0 aliphatic heterocycles. The Morgan fingerprint density at radius 3 is 2.60 bits per heavy atom. The second-order valence-corrected chi connectivity index (χ2v) is 7.80. The molecule has 152 valence electrons. The first-order valence-corrected chi connectivity index (χ1v) is 10.6. The molecule has 0 radical (unpaired) electrons. The van der Waals surface area contributed by atoms with Crippen molar-refractivity contribution in [2.75, 3.05) is 11.9 Å². The van der Waals surface area contributed by atoms with Crippen LogP contribution in [0.5, 0.6) is 11.5 Å². The maximum absolute atomic E-state index is 6.01. The van der Waals surface area contributed by atoms with Crippen molar-refractivity contribution in [3.63, 3.8) is 0 Å². The quantitative estimate of drug-likeness (QED) is 0.457. The van der Waals surface area contributed by atoms with Crippen LogP contribution in [-0.2, 0) is 0 Å². The zero-order valence-corrected chi connectivity index (χ0v) is 16.9. The van der Waals surface area contributed by atoms with Gasteiger partial charge in [0.15, 0.2) is 0 Å². The number of rotatable bonds is 6. The van der Waals surface area contributed by atoms with Gasteiger partial charge in [-0.25, -0.2) is 9.67 Å². The minimum Gasteiger partial charge on any atom is -0.457 e. The molecule has 0 bridgehead atoms. The van der Waals surface area contributed by atoms with Gasteiger partial charge in [-0.2, -0.15) is 10.1 Å². The summed E-state index contributed by atoms with van der Waals surface area (Å²) < 4.78 is 7.70. The maximum Gasteiger partial charge on any atom is 0.253 e. The molecule has 4 aromatic rings. The lowest BCUT2D eigenvalue weighted by molar-refractivity contribution is 0.373. The predicted molar refractivity (Wildman–Crippen MR) is 118 cm³/mol. The molecular weight excluding hydrogens is 374 g/mol. The Morgan fingerprint density at radius 2 is 1.80 bits per heavy atom. The Bertz CT molecular complexity index is 1110. The van der Waals surface area contributed by atoms with Crippen LogP contribution in [0.4, 0.5) is 5.82 Å². The Kier molecular flexibility index (Phi) is 5.29. The molecule has 2 aromatic heterocycles. The zero-order chi connectivity index (χ0) is 20.2. The van der Waals surface area contributed by atoms with Crippen LogP contribution in [-0.4, -0.2) is 26.3 Å². The topological polar surface area (TPSA) is 64.9 Å². The molecule has 5 rings (SSSR count). The number of ether oxygens (including phenoxy) is 1. The molecule has 6 heteroatoms. The van der Waals surface area contributed by atoms with Crippen LogP contribution in [0.3, 0.4) is 0 Å². The van der Waals surface area contributed by atoms with Crippen molar-refractivity contribution in [1.82, 2.24) is 19.7 Å². The number of fused-ring (bicyclic) bond motifs is 1. The molecule has 30 heavy (non-hydrogen) atoms. The lowest BCUT2D eigenvalue weighted by Crippen LogP contribution is -2.18. The number of aromatic nitrogens is 4. The molecule has 1 saturated carbocycles. The molecule has 0 unspecified atom stereocenters. The molecule has 0 amide bonds. The summed E-state index contributed by atoms with van der Waals surface area (Å²) in [5.74, 6) is 3.65. The fraction of sp³-hybridized carbons (Fsp3) is 0.292. The predicted octanol–water partition coefficient (Wildman–Crippen LogP) is 5.60. The van der Waals surface area contributed by atoms with Gasteiger partial charge >= 0.3 is 0 Å². The van der Waals surface area contributed by atoms with E-state index in [0.29, 0.717) is 11.9 Å². The van der Waals surface area contributed by atoms with E-state index in [1.165, 1.54) is 32.1 Å². The summed E-state index contributed by atoms with van der Waals surface area (Å²) in [5, 5.41) is 8.89. The van der Waals surface area contributed by atoms with Crippen molar-refractivity contribution in [3.8, 4) is 17.4 Å². The normalized spacial score (nSPS) is 14.7. The summed E-state index contributed by atoms with van der Waals surface area (Å²) in [6.45, 7) is 0.937. The summed E-state index contributed by atoms with van der Waals surface area (Å²) in [6.07, 6.45) is 10.2. The van der Waals surface area contributed by atoms with Crippen molar-refractivity contribution in [2.45, 2.75) is 32.1 Å². The van der Waals surface area contributed by atoms with Gasteiger partial charge in [-0.15, -0.1) is 0 Å². The van der Waals surface area contributed by atoms with Crippen LogP contribution in [0.2, 0.25) is 0 Å². The van der Waals surface area contributed by atoms with Gasteiger partial charge in [-0.05, 0) is 49.1 Å². The third kappa shape index (κ3) is 4.13. The van der Waals surface area contributed by atoms with Gasteiger partial charge in [0.05, 0.1) is 5.52 Å². The first-order valence-electron chi connectivity index (χ1n) is 10.6. The van der Waals surface area contributed by atoms with Gasteiger partial charge in [-0.1, -0.05) is 37.5 Å². The van der Waals surface area contributed by atoms with E-state index in [1.807, 2.05) is 60.8 Å². The van der Waals surface area contributed by atoms with E-state index in [4.69, 9.17) is 14.7 Å².